The molecule has 0 atom stereocenters. The topological polar surface area (TPSA) is 26.3 Å². The van der Waals surface area contributed by atoms with E-state index >= 15 is 0 Å². The minimum atomic E-state index is -1.05. The molecule has 1 aromatic rings. The van der Waals surface area contributed by atoms with E-state index in [1.165, 1.54) is 44.2 Å². The Kier molecular flexibility index (Phi) is 8.71. The molecule has 0 unspecified atom stereocenters. The number of halogens is 2. The Hall–Kier alpha value is -1.45. The van der Waals surface area contributed by atoms with Crippen LogP contribution in [-0.4, -0.2) is 12.4 Å². The van der Waals surface area contributed by atoms with E-state index in [-0.39, 0.29) is 23.0 Å². The van der Waals surface area contributed by atoms with Crippen molar-refractivity contribution >= 4 is 5.78 Å². The fourth-order valence-corrected chi connectivity index (χ4v) is 5.51. The molecule has 0 radical (unpaired) electrons. The second kappa shape index (κ2) is 11.2. The number of carbonyl (C=O) groups excluding carboxylic acids is 1. The summed E-state index contributed by atoms with van der Waals surface area (Å²) in [5.41, 5.74) is -0.111. The van der Waals surface area contributed by atoms with E-state index in [1.54, 1.807) is 0 Å². The molecule has 0 spiro atoms. The van der Waals surface area contributed by atoms with Gasteiger partial charge in [-0.2, -0.15) is 4.39 Å². The fraction of sp³-hybridized carbons (Fsp3) is 0.731. The summed E-state index contributed by atoms with van der Waals surface area (Å²) in [7, 11) is 0. The highest BCUT2D eigenvalue weighted by atomic mass is 19.2. The molecule has 0 saturated heterocycles. The fourth-order valence-electron chi connectivity index (χ4n) is 5.51. The van der Waals surface area contributed by atoms with E-state index in [0.717, 1.165) is 56.8 Å². The van der Waals surface area contributed by atoms with Crippen LogP contribution in [0.3, 0.4) is 0 Å². The third kappa shape index (κ3) is 5.62. The minimum Gasteiger partial charge on any atom is -0.490 e. The first-order chi connectivity index (χ1) is 14.5. The third-order valence-electron chi connectivity index (χ3n) is 7.60. The van der Waals surface area contributed by atoms with Crippen molar-refractivity contribution in [2.45, 2.75) is 90.9 Å². The van der Waals surface area contributed by atoms with Crippen LogP contribution >= 0.6 is 0 Å². The smallest absolute Gasteiger partial charge is 0.201 e. The van der Waals surface area contributed by atoms with E-state index < -0.39 is 11.6 Å². The van der Waals surface area contributed by atoms with Crippen LogP contribution in [0.5, 0.6) is 5.75 Å². The average Bonchev–Trinajstić information content (AvgIpc) is 2.79. The molecule has 0 aliphatic heterocycles. The van der Waals surface area contributed by atoms with Crippen molar-refractivity contribution in [2.75, 3.05) is 6.61 Å². The number of ether oxygens (including phenoxy) is 1. The zero-order valence-electron chi connectivity index (χ0n) is 18.7. The van der Waals surface area contributed by atoms with Crippen molar-refractivity contribution < 1.29 is 18.3 Å². The Morgan fingerprint density at radius 1 is 0.900 bits per heavy atom. The van der Waals surface area contributed by atoms with Gasteiger partial charge >= 0.3 is 0 Å². The average molecular weight is 421 g/mol. The molecule has 2 aliphatic rings. The molecule has 0 N–H and O–H groups in total. The quantitative estimate of drug-likeness (QED) is 0.302. The summed E-state index contributed by atoms with van der Waals surface area (Å²) in [6, 6.07) is 2.82. The van der Waals surface area contributed by atoms with Gasteiger partial charge in [0.2, 0.25) is 5.82 Å². The van der Waals surface area contributed by atoms with Gasteiger partial charge in [0.15, 0.2) is 17.3 Å². The Morgan fingerprint density at radius 2 is 1.53 bits per heavy atom. The zero-order valence-corrected chi connectivity index (χ0v) is 18.7. The van der Waals surface area contributed by atoms with E-state index in [1.807, 2.05) is 0 Å². The lowest BCUT2D eigenvalue weighted by molar-refractivity contribution is 0.0824. The van der Waals surface area contributed by atoms with E-state index in [9.17, 15) is 13.6 Å². The van der Waals surface area contributed by atoms with Gasteiger partial charge in [-0.15, -0.1) is 0 Å². The summed E-state index contributed by atoms with van der Waals surface area (Å²) in [4.78, 5) is 12.9. The van der Waals surface area contributed by atoms with Crippen LogP contribution in [0.25, 0.3) is 0 Å². The lowest BCUT2D eigenvalue weighted by Gasteiger charge is -2.37. The molecule has 0 amide bonds. The molecule has 2 nitrogen and oxygen atoms in total. The second-order valence-corrected chi connectivity index (χ2v) is 9.46. The molecular formula is C26H38F2O2. The molecule has 3 rings (SSSR count). The summed E-state index contributed by atoms with van der Waals surface area (Å²) >= 11 is 0. The summed E-state index contributed by atoms with van der Waals surface area (Å²) in [5.74, 6) is -0.195. The zero-order chi connectivity index (χ0) is 21.5. The Balaban J connectivity index is 1.54. The summed E-state index contributed by atoms with van der Waals surface area (Å²) in [5, 5.41) is 0. The number of hydrogen-bond donors (Lipinski definition) is 0. The van der Waals surface area contributed by atoms with Gasteiger partial charge in [0.05, 0.1) is 12.2 Å². The summed E-state index contributed by atoms with van der Waals surface area (Å²) in [6.07, 6.45) is 13.1. The number of Topliss-reactive ketones (excluding diaryl/α,β-unsaturated/α-hetero) is 1. The number of benzene rings is 1. The molecule has 1 aromatic carbocycles. The van der Waals surface area contributed by atoms with E-state index in [0.29, 0.717) is 12.5 Å². The molecule has 168 valence electrons. The standard InChI is InChI=1S/C26H38F2O2/c1-3-5-6-17-30-23-16-15-22(24(27)25(23)28)26(29)21-13-11-20(12-14-21)19-9-7-18(4-2)8-10-19/h15-16,18-21H,3-14,17H2,1-2H3. The van der Waals surface area contributed by atoms with Gasteiger partial charge < -0.3 is 4.74 Å². The van der Waals surface area contributed by atoms with Gasteiger partial charge in [-0.3, -0.25) is 4.79 Å². The lowest BCUT2D eigenvalue weighted by Crippen LogP contribution is -2.28. The molecule has 0 heterocycles. The van der Waals surface area contributed by atoms with E-state index in [2.05, 4.69) is 13.8 Å². The summed E-state index contributed by atoms with van der Waals surface area (Å²) in [6.45, 7) is 4.72. The van der Waals surface area contributed by atoms with Crippen molar-refractivity contribution in [2.24, 2.45) is 23.7 Å². The summed E-state index contributed by atoms with van der Waals surface area (Å²) < 4.78 is 34.4. The van der Waals surface area contributed by atoms with Crippen molar-refractivity contribution in [1.29, 1.82) is 0 Å². The van der Waals surface area contributed by atoms with Gasteiger partial charge in [-0.1, -0.05) is 46.0 Å². The highest BCUT2D eigenvalue weighted by molar-refractivity contribution is 5.98. The lowest BCUT2D eigenvalue weighted by atomic mass is 9.68. The van der Waals surface area contributed by atoms with Crippen LogP contribution < -0.4 is 4.74 Å². The molecule has 2 aliphatic carbocycles. The third-order valence-corrected chi connectivity index (χ3v) is 7.60. The predicted molar refractivity (Wildman–Crippen MR) is 117 cm³/mol. The number of carbonyl (C=O) groups is 1. The highest BCUT2D eigenvalue weighted by Crippen LogP contribution is 2.42. The Bertz CT molecular complexity index is 687. The van der Waals surface area contributed by atoms with Crippen LogP contribution in [0.2, 0.25) is 0 Å². The normalized spacial score (nSPS) is 27.1. The Morgan fingerprint density at radius 3 is 2.13 bits per heavy atom. The number of ketones is 1. The van der Waals surface area contributed by atoms with Gasteiger partial charge in [-0.25, -0.2) is 4.39 Å². The maximum Gasteiger partial charge on any atom is 0.201 e. The largest absolute Gasteiger partial charge is 0.490 e. The maximum absolute atomic E-state index is 14.6. The first-order valence-corrected chi connectivity index (χ1v) is 12.2. The number of hydrogen-bond acceptors (Lipinski definition) is 2. The van der Waals surface area contributed by atoms with Crippen molar-refractivity contribution in [3.05, 3.63) is 29.3 Å². The number of unbranched alkanes of at least 4 members (excludes halogenated alkanes) is 2. The molecular weight excluding hydrogens is 382 g/mol. The Labute approximate surface area is 180 Å². The van der Waals surface area contributed by atoms with Crippen molar-refractivity contribution in [1.82, 2.24) is 0 Å². The molecule has 0 bridgehead atoms. The van der Waals surface area contributed by atoms with Gasteiger partial charge in [0.1, 0.15) is 0 Å². The molecule has 30 heavy (non-hydrogen) atoms. The van der Waals surface area contributed by atoms with Crippen LogP contribution in [0.1, 0.15) is 101 Å². The van der Waals surface area contributed by atoms with Crippen LogP contribution in [0.4, 0.5) is 8.78 Å². The second-order valence-electron chi connectivity index (χ2n) is 9.46. The molecule has 0 aromatic heterocycles. The van der Waals surface area contributed by atoms with Gasteiger partial charge in [0, 0.05) is 5.92 Å². The molecule has 2 saturated carbocycles. The molecule has 2 fully saturated rings. The van der Waals surface area contributed by atoms with Gasteiger partial charge in [-0.05, 0) is 74.8 Å². The van der Waals surface area contributed by atoms with Crippen molar-refractivity contribution in [3.63, 3.8) is 0 Å². The monoisotopic (exact) mass is 420 g/mol. The first-order valence-electron chi connectivity index (χ1n) is 12.2. The van der Waals surface area contributed by atoms with Crippen LogP contribution in [0.15, 0.2) is 12.1 Å². The SMILES string of the molecule is CCCCCOc1ccc(C(=O)C2CCC(C3CCC(CC)CC3)CC2)c(F)c1F. The minimum absolute atomic E-state index is 0.0912. The molecule has 4 heteroatoms. The predicted octanol–water partition coefficient (Wildman–Crippen LogP) is 7.74. The maximum atomic E-state index is 14.6. The van der Waals surface area contributed by atoms with Crippen LogP contribution in [-0.2, 0) is 0 Å². The van der Waals surface area contributed by atoms with Crippen molar-refractivity contribution in [3.8, 4) is 5.75 Å². The number of rotatable bonds is 9. The van der Waals surface area contributed by atoms with Gasteiger partial charge in [0.25, 0.3) is 0 Å². The van der Waals surface area contributed by atoms with E-state index in [4.69, 9.17) is 4.74 Å². The first kappa shape index (κ1) is 23.2. The highest BCUT2D eigenvalue weighted by Gasteiger charge is 2.34. The van der Waals surface area contributed by atoms with Crippen LogP contribution in [0, 0.1) is 35.3 Å².